The maximum Gasteiger partial charge on any atom is 0.178 e. The molecule has 1 aromatic heterocycles. The maximum absolute atomic E-state index is 13.7. The first-order valence-electron chi connectivity index (χ1n) is 5.93. The van der Waals surface area contributed by atoms with Gasteiger partial charge in [-0.25, -0.2) is 4.39 Å². The quantitative estimate of drug-likeness (QED) is 0.804. The molecule has 0 saturated carbocycles. The number of rotatable bonds is 3. The van der Waals surface area contributed by atoms with Crippen LogP contribution in [0.3, 0.4) is 0 Å². The average Bonchev–Trinajstić information content (AvgIpc) is 2.67. The SMILES string of the molecule is CCC(C)(CC)n1c(=S)[nH]c2c(F)cccc21. The Morgan fingerprint density at radius 2 is 2.00 bits per heavy atom. The van der Waals surface area contributed by atoms with E-state index in [0.29, 0.717) is 10.3 Å². The molecule has 0 spiro atoms. The van der Waals surface area contributed by atoms with Crippen LogP contribution in [0, 0.1) is 10.6 Å². The van der Waals surface area contributed by atoms with Crippen molar-refractivity contribution in [3.8, 4) is 0 Å². The van der Waals surface area contributed by atoms with E-state index in [0.717, 1.165) is 18.4 Å². The van der Waals surface area contributed by atoms with Crippen LogP contribution in [-0.2, 0) is 5.54 Å². The number of aromatic amines is 1. The Morgan fingerprint density at radius 1 is 1.35 bits per heavy atom. The molecule has 0 fully saturated rings. The number of benzene rings is 1. The molecule has 1 N–H and O–H groups in total. The van der Waals surface area contributed by atoms with Crippen molar-refractivity contribution in [2.75, 3.05) is 0 Å². The number of hydrogen-bond donors (Lipinski definition) is 1. The highest BCUT2D eigenvalue weighted by Gasteiger charge is 2.25. The summed E-state index contributed by atoms with van der Waals surface area (Å²) in [5.41, 5.74) is 1.29. The van der Waals surface area contributed by atoms with Crippen molar-refractivity contribution in [1.82, 2.24) is 9.55 Å². The Kier molecular flexibility index (Phi) is 3.08. The predicted molar refractivity (Wildman–Crippen MR) is 71.3 cm³/mol. The van der Waals surface area contributed by atoms with Gasteiger partial charge in [0, 0.05) is 5.54 Å². The van der Waals surface area contributed by atoms with Crippen LogP contribution in [0.2, 0.25) is 0 Å². The van der Waals surface area contributed by atoms with Crippen molar-refractivity contribution in [3.63, 3.8) is 0 Å². The molecule has 1 aromatic carbocycles. The Hall–Kier alpha value is -1.16. The number of imidazole rings is 1. The monoisotopic (exact) mass is 252 g/mol. The lowest BCUT2D eigenvalue weighted by molar-refractivity contribution is 0.299. The third kappa shape index (κ3) is 1.80. The Bertz CT molecular complexity index is 593. The molecule has 2 rings (SSSR count). The molecule has 0 unspecified atom stereocenters. The number of aromatic nitrogens is 2. The van der Waals surface area contributed by atoms with Crippen molar-refractivity contribution in [2.45, 2.75) is 39.2 Å². The van der Waals surface area contributed by atoms with E-state index in [9.17, 15) is 4.39 Å². The summed E-state index contributed by atoms with van der Waals surface area (Å²) in [5, 5.41) is 0. The Morgan fingerprint density at radius 3 is 2.59 bits per heavy atom. The molecule has 0 bridgehead atoms. The van der Waals surface area contributed by atoms with Gasteiger partial charge in [-0.3, -0.25) is 0 Å². The van der Waals surface area contributed by atoms with E-state index in [2.05, 4.69) is 25.8 Å². The van der Waals surface area contributed by atoms with Crippen LogP contribution in [0.4, 0.5) is 4.39 Å². The minimum absolute atomic E-state index is 0.0663. The summed E-state index contributed by atoms with van der Waals surface area (Å²) in [5.74, 6) is -0.248. The molecule has 4 heteroatoms. The van der Waals surface area contributed by atoms with Gasteiger partial charge in [-0.15, -0.1) is 0 Å². The van der Waals surface area contributed by atoms with Crippen LogP contribution in [0.15, 0.2) is 18.2 Å². The first kappa shape index (κ1) is 12.3. The van der Waals surface area contributed by atoms with Crippen molar-refractivity contribution < 1.29 is 4.39 Å². The van der Waals surface area contributed by atoms with Gasteiger partial charge in [0.25, 0.3) is 0 Å². The average molecular weight is 252 g/mol. The summed E-state index contributed by atoms with van der Waals surface area (Å²) in [6.07, 6.45) is 1.92. The normalized spacial score (nSPS) is 12.2. The molecule has 17 heavy (non-hydrogen) atoms. The van der Waals surface area contributed by atoms with Crippen LogP contribution in [0.25, 0.3) is 11.0 Å². The molecule has 1 heterocycles. The number of hydrogen-bond acceptors (Lipinski definition) is 1. The number of para-hydroxylation sites is 1. The lowest BCUT2D eigenvalue weighted by atomic mass is 9.95. The lowest BCUT2D eigenvalue weighted by Gasteiger charge is -2.29. The van der Waals surface area contributed by atoms with E-state index < -0.39 is 0 Å². The Labute approximate surface area is 105 Å². The van der Waals surface area contributed by atoms with Gasteiger partial charge in [-0.05, 0) is 44.1 Å². The zero-order valence-electron chi connectivity index (χ0n) is 10.4. The summed E-state index contributed by atoms with van der Waals surface area (Å²) in [6.45, 7) is 6.41. The molecule has 92 valence electrons. The first-order chi connectivity index (χ1) is 8.03. The molecule has 2 nitrogen and oxygen atoms in total. The highest BCUT2D eigenvalue weighted by Crippen LogP contribution is 2.30. The molecule has 0 aliphatic carbocycles. The second kappa shape index (κ2) is 4.26. The molecule has 0 amide bonds. The smallest absolute Gasteiger partial charge is 0.178 e. The van der Waals surface area contributed by atoms with Crippen molar-refractivity contribution >= 4 is 23.3 Å². The largest absolute Gasteiger partial charge is 0.328 e. The number of nitrogens with one attached hydrogen (secondary N) is 1. The Balaban J connectivity index is 2.82. The minimum atomic E-state index is -0.248. The minimum Gasteiger partial charge on any atom is -0.328 e. The lowest BCUT2D eigenvalue weighted by Crippen LogP contribution is -2.28. The zero-order chi connectivity index (χ0) is 12.6. The summed E-state index contributed by atoms with van der Waals surface area (Å²) in [7, 11) is 0. The number of H-pyrrole nitrogens is 1. The van der Waals surface area contributed by atoms with E-state index in [1.807, 2.05) is 10.6 Å². The third-order valence-corrected chi connectivity index (χ3v) is 4.02. The van der Waals surface area contributed by atoms with Crippen LogP contribution in [0.1, 0.15) is 33.6 Å². The molecular formula is C13H17FN2S. The fourth-order valence-electron chi connectivity index (χ4n) is 2.20. The standard InChI is InChI=1S/C13H17FN2S/c1-4-13(3,5-2)16-10-8-6-7-9(14)11(10)15-12(16)17/h6-8H,4-5H2,1-3H3,(H,15,17). The molecule has 0 atom stereocenters. The van der Waals surface area contributed by atoms with Crippen molar-refractivity contribution in [3.05, 3.63) is 28.8 Å². The fraction of sp³-hybridized carbons (Fsp3) is 0.462. The molecule has 0 radical (unpaired) electrons. The van der Waals surface area contributed by atoms with Crippen molar-refractivity contribution in [2.24, 2.45) is 0 Å². The summed E-state index contributed by atoms with van der Waals surface area (Å²) in [6, 6.07) is 5.09. The zero-order valence-corrected chi connectivity index (χ0v) is 11.2. The molecule has 0 aliphatic rings. The van der Waals surface area contributed by atoms with Gasteiger partial charge in [0.15, 0.2) is 4.77 Å². The summed E-state index contributed by atoms with van der Waals surface area (Å²) >= 11 is 5.33. The van der Waals surface area contributed by atoms with Crippen LogP contribution in [-0.4, -0.2) is 9.55 Å². The second-order valence-electron chi connectivity index (χ2n) is 4.60. The highest BCUT2D eigenvalue weighted by atomic mass is 32.1. The maximum atomic E-state index is 13.7. The topological polar surface area (TPSA) is 20.7 Å². The van der Waals surface area contributed by atoms with E-state index in [1.165, 1.54) is 6.07 Å². The van der Waals surface area contributed by atoms with Gasteiger partial charge >= 0.3 is 0 Å². The van der Waals surface area contributed by atoms with E-state index >= 15 is 0 Å². The van der Waals surface area contributed by atoms with Crippen LogP contribution in [0.5, 0.6) is 0 Å². The van der Waals surface area contributed by atoms with Gasteiger partial charge in [0.2, 0.25) is 0 Å². The van der Waals surface area contributed by atoms with E-state index in [4.69, 9.17) is 12.2 Å². The van der Waals surface area contributed by atoms with Gasteiger partial charge in [-0.2, -0.15) is 0 Å². The van der Waals surface area contributed by atoms with Gasteiger partial charge in [0.1, 0.15) is 11.3 Å². The van der Waals surface area contributed by atoms with Gasteiger partial charge in [-0.1, -0.05) is 19.9 Å². The summed E-state index contributed by atoms with van der Waals surface area (Å²) < 4.78 is 16.3. The van der Waals surface area contributed by atoms with Gasteiger partial charge in [0.05, 0.1) is 5.52 Å². The van der Waals surface area contributed by atoms with Gasteiger partial charge < -0.3 is 9.55 Å². The molecule has 0 aliphatic heterocycles. The van der Waals surface area contributed by atoms with Crippen LogP contribution >= 0.6 is 12.2 Å². The second-order valence-corrected chi connectivity index (χ2v) is 4.99. The number of nitrogens with zero attached hydrogens (tertiary/aromatic N) is 1. The molecule has 2 aromatic rings. The fourth-order valence-corrected chi connectivity index (χ4v) is 2.62. The van der Waals surface area contributed by atoms with Crippen molar-refractivity contribution in [1.29, 1.82) is 0 Å². The number of halogens is 1. The molecule has 0 saturated heterocycles. The third-order valence-electron chi connectivity index (χ3n) is 3.73. The number of fused-ring (bicyclic) bond motifs is 1. The summed E-state index contributed by atoms with van der Waals surface area (Å²) in [4.78, 5) is 2.97. The highest BCUT2D eigenvalue weighted by molar-refractivity contribution is 7.71. The molecular weight excluding hydrogens is 235 g/mol. The first-order valence-corrected chi connectivity index (χ1v) is 6.34. The van der Waals surface area contributed by atoms with E-state index in [-0.39, 0.29) is 11.4 Å². The van der Waals surface area contributed by atoms with Crippen LogP contribution < -0.4 is 0 Å². The van der Waals surface area contributed by atoms with E-state index in [1.54, 1.807) is 6.07 Å². The predicted octanol–water partition coefficient (Wildman–Crippen LogP) is 4.37.